The Bertz CT molecular complexity index is 665. The summed E-state index contributed by atoms with van der Waals surface area (Å²) in [5, 5.41) is 8.66. The lowest BCUT2D eigenvalue weighted by atomic mass is 10.0. The second-order valence-corrected chi connectivity index (χ2v) is 6.07. The maximum Gasteiger partial charge on any atom is 0.187 e. The van der Waals surface area contributed by atoms with Gasteiger partial charge in [-0.05, 0) is 41.4 Å². The average molecular weight is 317 g/mol. The largest absolute Gasteiger partial charge is 0.497 e. The highest BCUT2D eigenvalue weighted by atomic mass is 32.1. The smallest absolute Gasteiger partial charge is 0.187 e. The number of ether oxygens (including phenoxy) is 1. The molecule has 1 aliphatic rings. The Labute approximate surface area is 132 Å². The maximum atomic E-state index is 5.83. The molecule has 2 N–H and O–H groups in total. The lowest BCUT2D eigenvalue weighted by Gasteiger charge is -2.22. The molecule has 1 aliphatic heterocycles. The minimum absolute atomic E-state index is 0.0468. The van der Waals surface area contributed by atoms with Crippen LogP contribution in [0.2, 0.25) is 0 Å². The van der Waals surface area contributed by atoms with E-state index in [9.17, 15) is 0 Å². The van der Waals surface area contributed by atoms with Crippen LogP contribution in [0, 0.1) is 0 Å². The SMILES string of the molecule is COc1ccc(C2CC(c3cccs3)=NN2C(N)=S)cc1. The number of nitrogens with two attached hydrogens (primary N) is 1. The number of thiocarbonyl (C=S) groups is 1. The predicted octanol–water partition coefficient (Wildman–Crippen LogP) is 3.15. The van der Waals surface area contributed by atoms with Gasteiger partial charge in [-0.25, -0.2) is 5.01 Å². The average Bonchev–Trinajstić information content (AvgIpc) is 3.16. The van der Waals surface area contributed by atoms with Crippen molar-refractivity contribution >= 4 is 34.4 Å². The van der Waals surface area contributed by atoms with Gasteiger partial charge < -0.3 is 10.5 Å². The van der Waals surface area contributed by atoms with Gasteiger partial charge in [0, 0.05) is 6.42 Å². The molecule has 0 bridgehead atoms. The van der Waals surface area contributed by atoms with Crippen molar-refractivity contribution in [1.29, 1.82) is 0 Å². The first-order chi connectivity index (χ1) is 10.2. The molecule has 6 heteroatoms. The highest BCUT2D eigenvalue weighted by molar-refractivity contribution is 7.80. The van der Waals surface area contributed by atoms with Gasteiger partial charge in [0.15, 0.2) is 5.11 Å². The van der Waals surface area contributed by atoms with E-state index in [2.05, 4.69) is 11.2 Å². The normalized spacial score (nSPS) is 17.7. The maximum absolute atomic E-state index is 5.83. The van der Waals surface area contributed by atoms with E-state index in [1.165, 1.54) is 0 Å². The van der Waals surface area contributed by atoms with Gasteiger partial charge in [-0.1, -0.05) is 18.2 Å². The lowest BCUT2D eigenvalue weighted by Crippen LogP contribution is -2.31. The van der Waals surface area contributed by atoms with Gasteiger partial charge in [0.25, 0.3) is 0 Å². The van der Waals surface area contributed by atoms with E-state index in [4.69, 9.17) is 22.7 Å². The second-order valence-electron chi connectivity index (χ2n) is 4.70. The number of methoxy groups -OCH3 is 1. The number of thiophene rings is 1. The van der Waals surface area contributed by atoms with Crippen LogP contribution >= 0.6 is 23.6 Å². The van der Waals surface area contributed by atoms with Crippen LogP contribution in [0.4, 0.5) is 0 Å². The predicted molar refractivity (Wildman–Crippen MR) is 89.8 cm³/mol. The number of rotatable bonds is 3. The molecule has 4 nitrogen and oxygen atoms in total. The zero-order valence-electron chi connectivity index (χ0n) is 11.5. The molecule has 1 aromatic heterocycles. The number of hydrazone groups is 1. The number of hydrogen-bond donors (Lipinski definition) is 1. The third kappa shape index (κ3) is 2.77. The first-order valence-electron chi connectivity index (χ1n) is 6.53. The summed E-state index contributed by atoms with van der Waals surface area (Å²) in [5.74, 6) is 0.832. The third-order valence-corrected chi connectivity index (χ3v) is 4.55. The summed E-state index contributed by atoms with van der Waals surface area (Å²) in [6, 6.07) is 12.1. The standard InChI is InChI=1S/C15H15N3OS2/c1-19-11-6-4-10(5-7-11)13-9-12(14-3-2-8-21-14)17-18(13)15(16)20/h2-8,13H,9H2,1H3,(H2,16,20). The molecule has 0 radical (unpaired) electrons. The fourth-order valence-corrected chi connectivity index (χ4v) is 3.28. The molecule has 108 valence electrons. The van der Waals surface area contributed by atoms with Crippen LogP contribution in [0.5, 0.6) is 5.75 Å². The number of benzene rings is 1. The number of nitrogens with zero attached hydrogens (tertiary/aromatic N) is 2. The fourth-order valence-electron chi connectivity index (χ4n) is 2.39. The van der Waals surface area contributed by atoms with E-state index in [1.807, 2.05) is 35.7 Å². The van der Waals surface area contributed by atoms with E-state index in [0.717, 1.165) is 28.3 Å². The number of hydrogen-bond acceptors (Lipinski definition) is 4. The van der Waals surface area contributed by atoms with E-state index in [0.29, 0.717) is 5.11 Å². The molecular formula is C15H15N3OS2. The summed E-state index contributed by atoms with van der Waals surface area (Å²) in [7, 11) is 1.66. The van der Waals surface area contributed by atoms with Crippen molar-refractivity contribution in [1.82, 2.24) is 5.01 Å². The highest BCUT2D eigenvalue weighted by Crippen LogP contribution is 2.34. The van der Waals surface area contributed by atoms with Gasteiger partial charge in [0.2, 0.25) is 0 Å². The molecule has 0 fully saturated rings. The van der Waals surface area contributed by atoms with Crippen molar-refractivity contribution in [3.8, 4) is 5.75 Å². The quantitative estimate of drug-likeness (QED) is 0.884. The molecule has 0 saturated heterocycles. The summed E-state index contributed by atoms with van der Waals surface area (Å²) in [6.45, 7) is 0. The topological polar surface area (TPSA) is 50.8 Å². The van der Waals surface area contributed by atoms with E-state index < -0.39 is 0 Å². The van der Waals surface area contributed by atoms with Gasteiger partial charge in [0.1, 0.15) is 5.75 Å². The molecule has 0 amide bonds. The zero-order valence-corrected chi connectivity index (χ0v) is 13.2. The highest BCUT2D eigenvalue weighted by Gasteiger charge is 2.30. The zero-order chi connectivity index (χ0) is 14.8. The van der Waals surface area contributed by atoms with Gasteiger partial charge >= 0.3 is 0 Å². The Morgan fingerprint density at radius 1 is 1.38 bits per heavy atom. The van der Waals surface area contributed by atoms with Crippen LogP contribution in [0.25, 0.3) is 0 Å². The van der Waals surface area contributed by atoms with E-state index >= 15 is 0 Å². The molecule has 0 aliphatic carbocycles. The monoisotopic (exact) mass is 317 g/mol. The van der Waals surface area contributed by atoms with E-state index in [-0.39, 0.29) is 6.04 Å². The molecule has 2 aromatic rings. The van der Waals surface area contributed by atoms with Crippen molar-refractivity contribution < 1.29 is 4.74 Å². The van der Waals surface area contributed by atoms with Crippen LogP contribution in [0.3, 0.4) is 0 Å². The molecule has 1 atom stereocenters. The molecular weight excluding hydrogens is 302 g/mol. The molecule has 3 rings (SSSR count). The van der Waals surface area contributed by atoms with Crippen LogP contribution in [-0.2, 0) is 0 Å². The van der Waals surface area contributed by atoms with Gasteiger partial charge in [-0.2, -0.15) is 5.10 Å². The van der Waals surface area contributed by atoms with Gasteiger partial charge in [-0.15, -0.1) is 11.3 Å². The lowest BCUT2D eigenvalue weighted by molar-refractivity contribution is 0.371. The minimum Gasteiger partial charge on any atom is -0.497 e. The van der Waals surface area contributed by atoms with Gasteiger partial charge in [-0.3, -0.25) is 0 Å². The van der Waals surface area contributed by atoms with Crippen LogP contribution < -0.4 is 10.5 Å². The van der Waals surface area contributed by atoms with Crippen molar-refractivity contribution in [2.24, 2.45) is 10.8 Å². The Kier molecular flexibility index (Phi) is 3.90. The third-order valence-electron chi connectivity index (χ3n) is 3.44. The Morgan fingerprint density at radius 2 is 2.14 bits per heavy atom. The van der Waals surface area contributed by atoms with Crippen LogP contribution in [0.1, 0.15) is 22.9 Å². The molecule has 0 saturated carbocycles. The van der Waals surface area contributed by atoms with Crippen LogP contribution in [0.15, 0.2) is 46.9 Å². The Hall–Kier alpha value is -1.92. The summed E-state index contributed by atoms with van der Waals surface area (Å²) < 4.78 is 5.20. The fraction of sp³-hybridized carbons (Fsp3) is 0.200. The molecule has 2 heterocycles. The molecule has 1 aromatic carbocycles. The van der Waals surface area contributed by atoms with Crippen molar-refractivity contribution in [2.75, 3.05) is 7.11 Å². The van der Waals surface area contributed by atoms with Crippen molar-refractivity contribution in [2.45, 2.75) is 12.5 Å². The first-order valence-corrected chi connectivity index (χ1v) is 7.82. The van der Waals surface area contributed by atoms with Crippen molar-refractivity contribution in [3.05, 3.63) is 52.2 Å². The summed E-state index contributed by atoms with van der Waals surface area (Å²) in [5.41, 5.74) is 7.98. The van der Waals surface area contributed by atoms with Gasteiger partial charge in [0.05, 0.1) is 23.7 Å². The molecule has 1 unspecified atom stereocenters. The van der Waals surface area contributed by atoms with Crippen molar-refractivity contribution in [3.63, 3.8) is 0 Å². The van der Waals surface area contributed by atoms with E-state index in [1.54, 1.807) is 23.5 Å². The summed E-state index contributed by atoms with van der Waals surface area (Å²) >= 11 is 6.81. The molecule has 0 spiro atoms. The summed E-state index contributed by atoms with van der Waals surface area (Å²) in [6.07, 6.45) is 0.796. The van der Waals surface area contributed by atoms with Crippen LogP contribution in [-0.4, -0.2) is 22.9 Å². The minimum atomic E-state index is 0.0468. The first kappa shape index (κ1) is 14.0. The molecule has 21 heavy (non-hydrogen) atoms. The summed E-state index contributed by atoms with van der Waals surface area (Å²) in [4.78, 5) is 1.16. The second kappa shape index (κ2) is 5.83. The Balaban J connectivity index is 1.90. The Morgan fingerprint density at radius 3 is 2.71 bits per heavy atom.